The lowest BCUT2D eigenvalue weighted by atomic mass is 10.00. The van der Waals surface area contributed by atoms with E-state index in [0.717, 1.165) is 19.3 Å². The summed E-state index contributed by atoms with van der Waals surface area (Å²) in [5.74, 6) is -0.576. The van der Waals surface area contributed by atoms with Crippen molar-refractivity contribution in [2.75, 3.05) is 6.54 Å². The first kappa shape index (κ1) is 14.1. The zero-order valence-electron chi connectivity index (χ0n) is 12.3. The topological polar surface area (TPSA) is 57.6 Å². The lowest BCUT2D eigenvalue weighted by molar-refractivity contribution is -0.152. The maximum atomic E-state index is 12.6. The Balaban J connectivity index is 1.72. The van der Waals surface area contributed by atoms with E-state index < -0.39 is 12.0 Å². The van der Waals surface area contributed by atoms with Crippen molar-refractivity contribution in [3.05, 3.63) is 35.4 Å². The second-order valence-electron chi connectivity index (χ2n) is 6.19. The van der Waals surface area contributed by atoms with Gasteiger partial charge >= 0.3 is 5.97 Å². The summed E-state index contributed by atoms with van der Waals surface area (Å²) in [5.41, 5.74) is 2.45. The van der Waals surface area contributed by atoms with E-state index in [-0.39, 0.29) is 17.7 Å². The van der Waals surface area contributed by atoms with Gasteiger partial charge in [0.1, 0.15) is 6.04 Å². The fraction of sp³-hybridized carbons (Fsp3) is 0.529. The normalized spacial score (nSPS) is 28.2. The summed E-state index contributed by atoms with van der Waals surface area (Å²) in [7, 11) is 0. The molecular weight excluding hydrogens is 266 g/mol. The van der Waals surface area contributed by atoms with Crippen molar-refractivity contribution in [3.8, 4) is 0 Å². The molecule has 1 saturated heterocycles. The van der Waals surface area contributed by atoms with Crippen LogP contribution >= 0.6 is 0 Å². The number of carbonyl (C=O) groups is 2. The van der Waals surface area contributed by atoms with Crippen LogP contribution in [0.2, 0.25) is 0 Å². The molecule has 1 amide bonds. The van der Waals surface area contributed by atoms with Gasteiger partial charge in [0.2, 0.25) is 5.91 Å². The molecule has 112 valence electrons. The smallest absolute Gasteiger partial charge is 0.326 e. The molecule has 0 bridgehead atoms. The molecule has 0 radical (unpaired) electrons. The van der Waals surface area contributed by atoms with E-state index in [1.807, 2.05) is 12.1 Å². The van der Waals surface area contributed by atoms with E-state index in [0.29, 0.717) is 13.0 Å². The van der Waals surface area contributed by atoms with Gasteiger partial charge in [-0.2, -0.15) is 0 Å². The summed E-state index contributed by atoms with van der Waals surface area (Å²) >= 11 is 0. The van der Waals surface area contributed by atoms with E-state index >= 15 is 0 Å². The molecule has 2 fully saturated rings. The fourth-order valence-corrected chi connectivity index (χ4v) is 3.48. The van der Waals surface area contributed by atoms with Crippen molar-refractivity contribution in [1.29, 1.82) is 0 Å². The Labute approximate surface area is 124 Å². The van der Waals surface area contributed by atoms with Gasteiger partial charge in [0.05, 0.1) is 0 Å². The van der Waals surface area contributed by atoms with Gasteiger partial charge in [-0.1, -0.05) is 24.3 Å². The molecule has 0 spiro atoms. The summed E-state index contributed by atoms with van der Waals surface area (Å²) in [4.78, 5) is 25.6. The summed E-state index contributed by atoms with van der Waals surface area (Å²) in [6.07, 6.45) is 3.25. The van der Waals surface area contributed by atoms with Gasteiger partial charge in [0.25, 0.3) is 0 Å². The van der Waals surface area contributed by atoms with Crippen LogP contribution in [-0.2, 0) is 9.59 Å². The van der Waals surface area contributed by atoms with Crippen molar-refractivity contribution in [2.24, 2.45) is 5.92 Å². The second kappa shape index (κ2) is 5.51. The number of carboxylic acid groups (broad SMARTS) is 1. The molecule has 21 heavy (non-hydrogen) atoms. The first-order chi connectivity index (χ1) is 10.1. The SMILES string of the molecule is Cc1ccccc1[C@H]1C[C@@H]1C(=O)N1CCCC[C@@H]1C(=O)O. The Hall–Kier alpha value is -1.84. The highest BCUT2D eigenvalue weighted by Gasteiger charge is 2.48. The summed E-state index contributed by atoms with van der Waals surface area (Å²) in [5, 5.41) is 9.29. The highest BCUT2D eigenvalue weighted by molar-refractivity contribution is 5.88. The number of piperidine rings is 1. The minimum atomic E-state index is -0.865. The summed E-state index contributed by atoms with van der Waals surface area (Å²) in [6, 6.07) is 7.53. The molecule has 0 unspecified atom stereocenters. The maximum Gasteiger partial charge on any atom is 0.326 e. The molecule has 3 atom stereocenters. The van der Waals surface area contributed by atoms with Crippen LogP contribution in [0.15, 0.2) is 24.3 Å². The predicted molar refractivity (Wildman–Crippen MR) is 79.0 cm³/mol. The van der Waals surface area contributed by atoms with E-state index in [4.69, 9.17) is 0 Å². The number of amides is 1. The van der Waals surface area contributed by atoms with E-state index in [2.05, 4.69) is 19.1 Å². The van der Waals surface area contributed by atoms with Crippen molar-refractivity contribution < 1.29 is 14.7 Å². The molecule has 1 heterocycles. The van der Waals surface area contributed by atoms with Crippen LogP contribution in [0.3, 0.4) is 0 Å². The minimum absolute atomic E-state index is 0.0222. The molecular formula is C17H21NO3. The number of benzene rings is 1. The highest BCUT2D eigenvalue weighted by Crippen LogP contribution is 2.49. The molecule has 1 aromatic rings. The molecule has 1 aliphatic heterocycles. The molecule has 1 aromatic carbocycles. The van der Waals surface area contributed by atoms with Crippen molar-refractivity contribution in [2.45, 2.75) is 44.6 Å². The number of carbonyl (C=O) groups excluding carboxylic acids is 1. The molecule has 2 aliphatic rings. The molecule has 4 heteroatoms. The molecule has 0 aromatic heterocycles. The molecule has 3 rings (SSSR count). The van der Waals surface area contributed by atoms with Crippen LogP contribution in [0.4, 0.5) is 0 Å². The number of hydrogen-bond acceptors (Lipinski definition) is 2. The number of likely N-dealkylation sites (tertiary alicyclic amines) is 1. The number of hydrogen-bond donors (Lipinski definition) is 1. The Morgan fingerprint density at radius 2 is 2.00 bits per heavy atom. The third kappa shape index (κ3) is 2.67. The van der Waals surface area contributed by atoms with E-state index in [1.54, 1.807) is 4.90 Å². The van der Waals surface area contributed by atoms with Crippen molar-refractivity contribution >= 4 is 11.9 Å². The van der Waals surface area contributed by atoms with Gasteiger partial charge in [0, 0.05) is 12.5 Å². The standard InChI is InChI=1S/C17H21NO3/c1-11-6-2-3-7-12(11)13-10-14(13)16(19)18-9-5-4-8-15(18)17(20)21/h2-3,6-7,13-15H,4-5,8-10H2,1H3,(H,20,21)/t13-,14+,15-/m1/s1. The molecule has 1 saturated carbocycles. The van der Waals surface area contributed by atoms with Gasteiger partial charge in [-0.05, 0) is 49.7 Å². The number of nitrogens with zero attached hydrogens (tertiary/aromatic N) is 1. The van der Waals surface area contributed by atoms with Crippen LogP contribution in [-0.4, -0.2) is 34.5 Å². The van der Waals surface area contributed by atoms with E-state index in [1.165, 1.54) is 11.1 Å². The molecule has 1 N–H and O–H groups in total. The zero-order valence-corrected chi connectivity index (χ0v) is 12.3. The number of carboxylic acids is 1. The third-order valence-corrected chi connectivity index (χ3v) is 4.77. The largest absolute Gasteiger partial charge is 0.480 e. The Bertz CT molecular complexity index is 569. The first-order valence-corrected chi connectivity index (χ1v) is 7.68. The van der Waals surface area contributed by atoms with Gasteiger partial charge in [-0.25, -0.2) is 4.79 Å². The van der Waals surface area contributed by atoms with Crippen molar-refractivity contribution in [1.82, 2.24) is 4.90 Å². The Kier molecular flexibility index (Phi) is 3.70. The van der Waals surface area contributed by atoms with Crippen LogP contribution in [0.1, 0.15) is 42.7 Å². The monoisotopic (exact) mass is 287 g/mol. The second-order valence-corrected chi connectivity index (χ2v) is 6.19. The third-order valence-electron chi connectivity index (χ3n) is 4.77. The van der Waals surface area contributed by atoms with Crippen molar-refractivity contribution in [3.63, 3.8) is 0 Å². The van der Waals surface area contributed by atoms with Crippen LogP contribution in [0.25, 0.3) is 0 Å². The number of aryl methyl sites for hydroxylation is 1. The van der Waals surface area contributed by atoms with Crippen LogP contribution < -0.4 is 0 Å². The maximum absolute atomic E-state index is 12.6. The van der Waals surface area contributed by atoms with E-state index in [9.17, 15) is 14.7 Å². The number of aliphatic carboxylic acids is 1. The quantitative estimate of drug-likeness (QED) is 0.929. The zero-order chi connectivity index (χ0) is 15.0. The summed E-state index contributed by atoms with van der Waals surface area (Å²) < 4.78 is 0. The van der Waals surface area contributed by atoms with Crippen LogP contribution in [0.5, 0.6) is 0 Å². The van der Waals surface area contributed by atoms with Gasteiger partial charge in [0.15, 0.2) is 0 Å². The Morgan fingerprint density at radius 3 is 2.71 bits per heavy atom. The summed E-state index contributed by atoms with van der Waals surface area (Å²) in [6.45, 7) is 2.66. The van der Waals surface area contributed by atoms with Gasteiger partial charge < -0.3 is 10.0 Å². The Morgan fingerprint density at radius 1 is 1.24 bits per heavy atom. The average molecular weight is 287 g/mol. The predicted octanol–water partition coefficient (Wildman–Crippen LogP) is 2.56. The van der Waals surface area contributed by atoms with Gasteiger partial charge in [-0.3, -0.25) is 4.79 Å². The molecule has 1 aliphatic carbocycles. The molecule has 4 nitrogen and oxygen atoms in total. The fourth-order valence-electron chi connectivity index (χ4n) is 3.48. The number of rotatable bonds is 3. The minimum Gasteiger partial charge on any atom is -0.480 e. The highest BCUT2D eigenvalue weighted by atomic mass is 16.4. The lowest BCUT2D eigenvalue weighted by Crippen LogP contribution is -2.48. The first-order valence-electron chi connectivity index (χ1n) is 7.68. The van der Waals surface area contributed by atoms with Gasteiger partial charge in [-0.15, -0.1) is 0 Å². The van der Waals surface area contributed by atoms with Crippen LogP contribution in [0, 0.1) is 12.8 Å². The lowest BCUT2D eigenvalue weighted by Gasteiger charge is -2.33. The average Bonchev–Trinajstić information content (AvgIpc) is 3.27.